The van der Waals surface area contributed by atoms with Gasteiger partial charge in [0.25, 0.3) is 0 Å². The molecule has 0 unspecified atom stereocenters. The molecule has 0 saturated heterocycles. The Morgan fingerprint density at radius 1 is 0.755 bits per heavy atom. The van der Waals surface area contributed by atoms with Crippen LogP contribution in [0.3, 0.4) is 0 Å². The molecule has 3 aromatic heterocycles. The van der Waals surface area contributed by atoms with Gasteiger partial charge in [0, 0.05) is 28.3 Å². The van der Waals surface area contributed by atoms with Crippen molar-refractivity contribution < 1.29 is 0 Å². The van der Waals surface area contributed by atoms with Gasteiger partial charge in [0.2, 0.25) is 0 Å². The normalized spacial score (nSPS) is 14.6. The number of hydrogen-bond acceptors (Lipinski definition) is 2. The lowest BCUT2D eigenvalue weighted by Crippen LogP contribution is -2.03. The summed E-state index contributed by atoms with van der Waals surface area (Å²) >= 11 is 0. The number of allylic oxidation sites excluding steroid dienone is 14. The molecule has 0 aliphatic heterocycles. The van der Waals surface area contributed by atoms with E-state index < -0.39 is 0 Å². The number of nitrogens with two attached hydrogens (primary N) is 1. The summed E-state index contributed by atoms with van der Waals surface area (Å²) in [5.41, 5.74) is 20.9. The first kappa shape index (κ1) is 30.2. The summed E-state index contributed by atoms with van der Waals surface area (Å²) in [7, 11) is 0. The van der Waals surface area contributed by atoms with Gasteiger partial charge in [0.05, 0.1) is 33.4 Å². The second-order valence-corrected chi connectivity index (χ2v) is 12.5. The SMILES string of the molecule is C=CCc1cc(-n2c(/C=C\C)c(N)c3cc(C4=CC=CCC=C4)ccc32)cc(-n2c3ccc(C4=CC=CCC=C4)cc3c3ncccc32)c1. The number of hydrogen-bond donors (Lipinski definition) is 1. The van der Waals surface area contributed by atoms with Crippen molar-refractivity contribution in [2.45, 2.75) is 26.2 Å². The van der Waals surface area contributed by atoms with Gasteiger partial charge in [-0.05, 0) is 115 Å². The fourth-order valence-electron chi connectivity index (χ4n) is 7.15. The molecule has 2 aliphatic rings. The van der Waals surface area contributed by atoms with Gasteiger partial charge >= 0.3 is 0 Å². The highest BCUT2D eigenvalue weighted by Crippen LogP contribution is 2.38. The molecule has 0 saturated carbocycles. The van der Waals surface area contributed by atoms with Gasteiger partial charge < -0.3 is 14.9 Å². The third kappa shape index (κ3) is 5.41. The maximum atomic E-state index is 6.99. The van der Waals surface area contributed by atoms with E-state index in [2.05, 4.69) is 149 Å². The van der Waals surface area contributed by atoms with Crippen LogP contribution in [-0.4, -0.2) is 14.1 Å². The molecule has 3 aromatic carbocycles. The number of pyridine rings is 1. The molecule has 2 aliphatic carbocycles. The summed E-state index contributed by atoms with van der Waals surface area (Å²) in [5.74, 6) is 0. The van der Waals surface area contributed by atoms with Gasteiger partial charge in [0.1, 0.15) is 0 Å². The van der Waals surface area contributed by atoms with E-state index in [4.69, 9.17) is 10.7 Å². The van der Waals surface area contributed by atoms with Crippen molar-refractivity contribution >= 4 is 55.7 Å². The lowest BCUT2D eigenvalue weighted by molar-refractivity contribution is 1.07. The van der Waals surface area contributed by atoms with Crippen LogP contribution in [0.15, 0.2) is 152 Å². The zero-order valence-corrected chi connectivity index (χ0v) is 27.7. The standard InChI is InChI=1S/C45H38N4/c1-3-14-31-26-36(48-40-23-21-34(32-16-9-5-6-10-17-32)28-38(40)44(46)42(48)15-4-2)30-37(27-31)49-41-24-22-35(33-18-11-7-8-12-19-33)29-39(41)45-43(49)20-13-25-47-45/h3-5,7,9-13,15-30H,1,6,8,14,46H2,2H3/b15-4-. The Morgan fingerprint density at radius 2 is 1.41 bits per heavy atom. The lowest BCUT2D eigenvalue weighted by Gasteiger charge is -2.16. The molecule has 0 radical (unpaired) electrons. The van der Waals surface area contributed by atoms with Crippen LogP contribution in [0.1, 0.15) is 42.1 Å². The number of rotatable bonds is 7. The molecule has 238 valence electrons. The Balaban J connectivity index is 1.35. The Kier molecular flexibility index (Phi) is 7.90. The lowest BCUT2D eigenvalue weighted by atomic mass is 10.0. The molecule has 8 rings (SSSR count). The molecule has 6 aromatic rings. The Labute approximate surface area is 287 Å². The first-order valence-corrected chi connectivity index (χ1v) is 16.9. The largest absolute Gasteiger partial charge is 0.396 e. The Morgan fingerprint density at radius 3 is 2.08 bits per heavy atom. The Bertz CT molecular complexity index is 2500. The number of anilines is 1. The molecule has 0 amide bonds. The highest BCUT2D eigenvalue weighted by atomic mass is 15.0. The molecular formula is C45H38N4. The second kappa shape index (κ2) is 12.8. The third-order valence-electron chi connectivity index (χ3n) is 9.38. The van der Waals surface area contributed by atoms with Crippen molar-refractivity contribution in [3.8, 4) is 11.4 Å². The summed E-state index contributed by atoms with van der Waals surface area (Å²) in [6.45, 7) is 6.13. The van der Waals surface area contributed by atoms with Gasteiger partial charge in [-0.15, -0.1) is 6.58 Å². The van der Waals surface area contributed by atoms with Crippen LogP contribution >= 0.6 is 0 Å². The number of nitrogens with zero attached hydrogens (tertiary/aromatic N) is 3. The topological polar surface area (TPSA) is 48.8 Å². The van der Waals surface area contributed by atoms with Crippen molar-refractivity contribution in [1.82, 2.24) is 14.1 Å². The molecule has 2 N–H and O–H groups in total. The van der Waals surface area contributed by atoms with E-state index in [-0.39, 0.29) is 0 Å². The van der Waals surface area contributed by atoms with E-state index in [1.54, 1.807) is 0 Å². The molecule has 0 atom stereocenters. The third-order valence-corrected chi connectivity index (χ3v) is 9.38. The van der Waals surface area contributed by atoms with E-state index in [0.717, 1.165) is 80.4 Å². The first-order chi connectivity index (χ1) is 24.1. The predicted molar refractivity (Wildman–Crippen MR) is 210 cm³/mol. The minimum Gasteiger partial charge on any atom is -0.396 e. The number of aromatic nitrogens is 3. The van der Waals surface area contributed by atoms with Crippen LogP contribution < -0.4 is 5.73 Å². The summed E-state index contributed by atoms with van der Waals surface area (Å²) in [6.07, 6.45) is 32.4. The smallest absolute Gasteiger partial charge is 0.0963 e. The van der Waals surface area contributed by atoms with Crippen LogP contribution in [0.25, 0.3) is 61.4 Å². The van der Waals surface area contributed by atoms with Crippen molar-refractivity contribution in [3.05, 3.63) is 175 Å². The van der Waals surface area contributed by atoms with E-state index in [0.29, 0.717) is 0 Å². The van der Waals surface area contributed by atoms with Gasteiger partial charge in [-0.25, -0.2) is 0 Å². The fourth-order valence-corrected chi connectivity index (χ4v) is 7.15. The van der Waals surface area contributed by atoms with E-state index in [1.165, 1.54) is 22.3 Å². The summed E-state index contributed by atoms with van der Waals surface area (Å²) < 4.78 is 4.64. The average Bonchev–Trinajstić information content (AvgIpc) is 3.33. The van der Waals surface area contributed by atoms with E-state index >= 15 is 0 Å². The highest BCUT2D eigenvalue weighted by molar-refractivity contribution is 6.08. The van der Waals surface area contributed by atoms with Crippen LogP contribution in [0.4, 0.5) is 5.69 Å². The highest BCUT2D eigenvalue weighted by Gasteiger charge is 2.19. The maximum absolute atomic E-state index is 6.99. The van der Waals surface area contributed by atoms with E-state index in [9.17, 15) is 0 Å². The van der Waals surface area contributed by atoms with Crippen molar-refractivity contribution in [2.24, 2.45) is 0 Å². The molecule has 3 heterocycles. The fraction of sp³-hybridized carbons (Fsp3) is 0.0889. The first-order valence-electron chi connectivity index (χ1n) is 16.9. The van der Waals surface area contributed by atoms with Crippen LogP contribution in [0.5, 0.6) is 0 Å². The molecule has 4 heteroatoms. The molecular weight excluding hydrogens is 597 g/mol. The molecule has 0 spiro atoms. The zero-order valence-electron chi connectivity index (χ0n) is 27.7. The monoisotopic (exact) mass is 634 g/mol. The molecule has 0 bridgehead atoms. The zero-order chi connectivity index (χ0) is 33.3. The summed E-state index contributed by atoms with van der Waals surface area (Å²) in [5, 5.41) is 2.16. The van der Waals surface area contributed by atoms with Gasteiger partial charge in [-0.2, -0.15) is 0 Å². The van der Waals surface area contributed by atoms with Crippen molar-refractivity contribution in [2.75, 3.05) is 5.73 Å². The summed E-state index contributed by atoms with van der Waals surface area (Å²) in [6, 6.07) is 24.3. The Hall–Kier alpha value is -6.13. The predicted octanol–water partition coefficient (Wildman–Crippen LogP) is 11.3. The number of benzene rings is 3. The summed E-state index contributed by atoms with van der Waals surface area (Å²) in [4.78, 5) is 4.90. The average molecular weight is 635 g/mol. The van der Waals surface area contributed by atoms with Gasteiger partial charge in [-0.1, -0.05) is 85.0 Å². The minimum atomic E-state index is 0.736. The second-order valence-electron chi connectivity index (χ2n) is 12.5. The van der Waals surface area contributed by atoms with Gasteiger partial charge in [-0.3, -0.25) is 4.98 Å². The van der Waals surface area contributed by atoms with Crippen LogP contribution in [0.2, 0.25) is 0 Å². The minimum absolute atomic E-state index is 0.736. The number of nitrogen functional groups attached to an aromatic ring is 1. The molecule has 49 heavy (non-hydrogen) atoms. The quantitative estimate of drug-likeness (QED) is 0.178. The molecule has 4 nitrogen and oxygen atoms in total. The van der Waals surface area contributed by atoms with Crippen molar-refractivity contribution in [1.29, 1.82) is 0 Å². The maximum Gasteiger partial charge on any atom is 0.0963 e. The van der Waals surface area contributed by atoms with Crippen LogP contribution in [0, 0.1) is 0 Å². The van der Waals surface area contributed by atoms with Gasteiger partial charge in [0.15, 0.2) is 0 Å². The van der Waals surface area contributed by atoms with Crippen LogP contribution in [-0.2, 0) is 6.42 Å². The number of fused-ring (bicyclic) bond motifs is 4. The molecule has 0 fully saturated rings. The van der Waals surface area contributed by atoms with Crippen molar-refractivity contribution in [3.63, 3.8) is 0 Å². The van der Waals surface area contributed by atoms with E-state index in [1.807, 2.05) is 25.3 Å².